The fraction of sp³-hybridized carbons (Fsp3) is 0.706. The lowest BCUT2D eigenvalue weighted by Gasteiger charge is -2.27. The number of carbonyl (C=O) groups is 1. The van der Waals surface area contributed by atoms with Gasteiger partial charge in [0.15, 0.2) is 0 Å². The average Bonchev–Trinajstić information content (AvgIpc) is 2.85. The molecule has 1 aliphatic carbocycles. The number of likely N-dealkylation sites (N-methyl/N-ethyl adjacent to an activating group) is 1. The number of aryl methyl sites for hydroxylation is 1. The summed E-state index contributed by atoms with van der Waals surface area (Å²) in [6, 6.07) is 2.09. The molecule has 1 aromatic heterocycles. The number of hydrogen-bond acceptors (Lipinski definition) is 3. The number of carbonyl (C=O) groups excluding carboxylic acids is 1. The average molecular weight is 309 g/mol. The summed E-state index contributed by atoms with van der Waals surface area (Å²) in [6.45, 7) is 8.70. The van der Waals surface area contributed by atoms with Crippen molar-refractivity contribution in [1.29, 1.82) is 0 Å². The van der Waals surface area contributed by atoms with Crippen LogP contribution < -0.4 is 0 Å². The van der Waals surface area contributed by atoms with Crippen molar-refractivity contribution in [2.45, 2.75) is 59.0 Å². The molecule has 0 aliphatic heterocycles. The minimum atomic E-state index is -0.851. The van der Waals surface area contributed by atoms with Gasteiger partial charge in [0.25, 0.3) is 5.91 Å². The van der Waals surface area contributed by atoms with Crippen LogP contribution in [0.4, 0.5) is 0 Å². The molecule has 21 heavy (non-hydrogen) atoms. The third-order valence-electron chi connectivity index (χ3n) is 4.22. The second-order valence-electron chi connectivity index (χ2n) is 6.71. The normalized spacial score (nSPS) is 18.4. The summed E-state index contributed by atoms with van der Waals surface area (Å²) in [5.41, 5.74) is 0.524. The molecule has 118 valence electrons. The number of rotatable bonds is 5. The van der Waals surface area contributed by atoms with Crippen LogP contribution in [-0.2, 0) is 12.8 Å². The fourth-order valence-electron chi connectivity index (χ4n) is 3.00. The van der Waals surface area contributed by atoms with Crippen LogP contribution in [0.5, 0.6) is 0 Å². The highest BCUT2D eigenvalue weighted by Gasteiger charge is 2.26. The van der Waals surface area contributed by atoms with Crippen LogP contribution in [0.3, 0.4) is 0 Å². The smallest absolute Gasteiger partial charge is 0.264 e. The number of thiophene rings is 1. The minimum Gasteiger partial charge on any atom is -0.389 e. The van der Waals surface area contributed by atoms with Crippen LogP contribution in [-0.4, -0.2) is 34.6 Å². The molecular formula is C17H27NO2S. The largest absolute Gasteiger partial charge is 0.389 e. The van der Waals surface area contributed by atoms with E-state index in [9.17, 15) is 9.90 Å². The van der Waals surface area contributed by atoms with E-state index in [0.29, 0.717) is 13.1 Å². The van der Waals surface area contributed by atoms with Gasteiger partial charge in [-0.15, -0.1) is 11.3 Å². The standard InChI is InChI=1S/C17H27NO2S/c1-5-12-7-8-14-13(9-12)10-15(21-14)16(19)18(6-2)11-17(3,4)20/h10,12,20H,5-9,11H2,1-4H3. The van der Waals surface area contributed by atoms with Crippen molar-refractivity contribution >= 4 is 17.2 Å². The fourth-order valence-corrected chi connectivity index (χ4v) is 4.18. The Morgan fingerprint density at radius 2 is 2.19 bits per heavy atom. The molecule has 0 saturated heterocycles. The van der Waals surface area contributed by atoms with E-state index in [2.05, 4.69) is 13.0 Å². The lowest BCUT2D eigenvalue weighted by atomic mass is 9.87. The molecule has 1 aromatic rings. The molecule has 0 aromatic carbocycles. The summed E-state index contributed by atoms with van der Waals surface area (Å²) in [4.78, 5) is 16.6. The van der Waals surface area contributed by atoms with E-state index in [0.717, 1.165) is 23.6 Å². The summed E-state index contributed by atoms with van der Waals surface area (Å²) < 4.78 is 0. The maximum Gasteiger partial charge on any atom is 0.264 e. The van der Waals surface area contributed by atoms with Crippen LogP contribution in [0.1, 0.15) is 60.6 Å². The van der Waals surface area contributed by atoms with Crippen LogP contribution >= 0.6 is 11.3 Å². The van der Waals surface area contributed by atoms with Gasteiger partial charge in [-0.1, -0.05) is 13.3 Å². The molecule has 0 radical (unpaired) electrons. The van der Waals surface area contributed by atoms with Crippen molar-refractivity contribution in [2.75, 3.05) is 13.1 Å². The van der Waals surface area contributed by atoms with E-state index < -0.39 is 5.60 Å². The molecular weight excluding hydrogens is 282 g/mol. The molecule has 0 saturated carbocycles. The third-order valence-corrected chi connectivity index (χ3v) is 5.44. The van der Waals surface area contributed by atoms with E-state index in [-0.39, 0.29) is 5.91 Å². The monoisotopic (exact) mass is 309 g/mol. The zero-order valence-corrected chi connectivity index (χ0v) is 14.4. The first-order chi connectivity index (χ1) is 9.84. The first-order valence-corrected chi connectivity index (χ1v) is 8.79. The molecule has 0 spiro atoms. The van der Waals surface area contributed by atoms with Gasteiger partial charge >= 0.3 is 0 Å². The van der Waals surface area contributed by atoms with Crippen LogP contribution in [0.25, 0.3) is 0 Å². The number of amides is 1. The van der Waals surface area contributed by atoms with E-state index in [1.807, 2.05) is 6.92 Å². The molecule has 1 amide bonds. The predicted octanol–water partition coefficient (Wildman–Crippen LogP) is 3.50. The second-order valence-corrected chi connectivity index (χ2v) is 7.84. The molecule has 1 heterocycles. The van der Waals surface area contributed by atoms with Gasteiger partial charge in [0.1, 0.15) is 0 Å². The molecule has 1 aliphatic rings. The van der Waals surface area contributed by atoms with E-state index in [4.69, 9.17) is 0 Å². The Morgan fingerprint density at radius 1 is 1.48 bits per heavy atom. The minimum absolute atomic E-state index is 0.0621. The van der Waals surface area contributed by atoms with Gasteiger partial charge in [0, 0.05) is 18.0 Å². The van der Waals surface area contributed by atoms with Gasteiger partial charge in [-0.05, 0) is 57.6 Å². The van der Waals surface area contributed by atoms with E-state index in [1.54, 1.807) is 30.1 Å². The molecule has 0 fully saturated rings. The maximum atomic E-state index is 12.6. The number of aliphatic hydroxyl groups is 1. The molecule has 1 N–H and O–H groups in total. The van der Waals surface area contributed by atoms with Gasteiger partial charge in [0.05, 0.1) is 10.5 Å². The lowest BCUT2D eigenvalue weighted by Crippen LogP contribution is -2.41. The number of nitrogens with zero attached hydrogens (tertiary/aromatic N) is 1. The molecule has 1 unspecified atom stereocenters. The Bertz CT molecular complexity index is 501. The van der Waals surface area contributed by atoms with Gasteiger partial charge in [-0.3, -0.25) is 4.79 Å². The lowest BCUT2D eigenvalue weighted by molar-refractivity contribution is 0.0317. The van der Waals surface area contributed by atoms with Crippen molar-refractivity contribution in [3.05, 3.63) is 21.4 Å². The summed E-state index contributed by atoms with van der Waals surface area (Å²) in [5.74, 6) is 0.834. The second kappa shape index (κ2) is 6.49. The maximum absolute atomic E-state index is 12.6. The SMILES string of the molecule is CCC1CCc2sc(C(=O)N(CC)CC(C)(C)O)cc2C1. The Hall–Kier alpha value is -0.870. The predicted molar refractivity (Wildman–Crippen MR) is 88.0 cm³/mol. The summed E-state index contributed by atoms with van der Waals surface area (Å²) in [7, 11) is 0. The molecule has 4 heteroatoms. The summed E-state index contributed by atoms with van der Waals surface area (Å²) in [5, 5.41) is 9.95. The Kier molecular flexibility index (Phi) is 5.10. The quantitative estimate of drug-likeness (QED) is 0.904. The highest BCUT2D eigenvalue weighted by atomic mass is 32.1. The van der Waals surface area contributed by atoms with Crippen molar-refractivity contribution in [3.63, 3.8) is 0 Å². The molecule has 0 bridgehead atoms. The Balaban J connectivity index is 2.15. The highest BCUT2D eigenvalue weighted by molar-refractivity contribution is 7.14. The number of hydrogen-bond donors (Lipinski definition) is 1. The third kappa shape index (κ3) is 4.07. The zero-order chi connectivity index (χ0) is 15.6. The van der Waals surface area contributed by atoms with Crippen molar-refractivity contribution in [2.24, 2.45) is 5.92 Å². The van der Waals surface area contributed by atoms with E-state index >= 15 is 0 Å². The first kappa shape index (κ1) is 16.5. The Morgan fingerprint density at radius 3 is 2.76 bits per heavy atom. The van der Waals surface area contributed by atoms with Crippen LogP contribution in [0, 0.1) is 5.92 Å². The topological polar surface area (TPSA) is 40.5 Å². The summed E-state index contributed by atoms with van der Waals surface area (Å²) >= 11 is 1.65. The Labute approximate surface area is 132 Å². The molecule has 1 atom stereocenters. The summed E-state index contributed by atoms with van der Waals surface area (Å²) in [6.07, 6.45) is 4.70. The van der Waals surface area contributed by atoms with Gasteiger partial charge in [-0.25, -0.2) is 0 Å². The van der Waals surface area contributed by atoms with Crippen LogP contribution in [0.15, 0.2) is 6.07 Å². The zero-order valence-electron chi connectivity index (χ0n) is 13.6. The van der Waals surface area contributed by atoms with Crippen molar-refractivity contribution in [3.8, 4) is 0 Å². The van der Waals surface area contributed by atoms with Crippen molar-refractivity contribution in [1.82, 2.24) is 4.90 Å². The first-order valence-electron chi connectivity index (χ1n) is 7.97. The number of fused-ring (bicyclic) bond motifs is 1. The van der Waals surface area contributed by atoms with Gasteiger partial charge in [0.2, 0.25) is 0 Å². The van der Waals surface area contributed by atoms with Gasteiger partial charge < -0.3 is 10.0 Å². The van der Waals surface area contributed by atoms with E-state index in [1.165, 1.54) is 23.3 Å². The van der Waals surface area contributed by atoms with Gasteiger partial charge in [-0.2, -0.15) is 0 Å². The van der Waals surface area contributed by atoms with Crippen molar-refractivity contribution < 1.29 is 9.90 Å². The molecule has 2 rings (SSSR count). The highest BCUT2D eigenvalue weighted by Crippen LogP contribution is 2.34. The van der Waals surface area contributed by atoms with Crippen LogP contribution in [0.2, 0.25) is 0 Å². The molecule has 3 nitrogen and oxygen atoms in total.